The van der Waals surface area contributed by atoms with Crippen LogP contribution in [-0.2, 0) is 17.8 Å². The largest absolute Gasteiger partial charge is 0.308 e. The molecule has 2 fully saturated rings. The van der Waals surface area contributed by atoms with Crippen LogP contribution in [0.2, 0.25) is 0 Å². The lowest BCUT2D eigenvalue weighted by Gasteiger charge is -2.37. The van der Waals surface area contributed by atoms with Gasteiger partial charge in [0.25, 0.3) is 0 Å². The summed E-state index contributed by atoms with van der Waals surface area (Å²) < 4.78 is 0. The highest BCUT2D eigenvalue weighted by molar-refractivity contribution is 5.88. The summed E-state index contributed by atoms with van der Waals surface area (Å²) in [6.45, 7) is 1.96. The molecule has 0 bridgehead atoms. The van der Waals surface area contributed by atoms with E-state index in [9.17, 15) is 4.79 Å². The molecule has 1 atom stereocenters. The van der Waals surface area contributed by atoms with Gasteiger partial charge in [0.2, 0.25) is 0 Å². The molecule has 1 saturated heterocycles. The van der Waals surface area contributed by atoms with Crippen LogP contribution in [0.3, 0.4) is 0 Å². The molecule has 18 heavy (non-hydrogen) atoms. The van der Waals surface area contributed by atoms with E-state index in [1.54, 1.807) is 0 Å². The molecule has 1 saturated carbocycles. The summed E-state index contributed by atoms with van der Waals surface area (Å²) in [6, 6.07) is 8.48. The molecule has 1 aromatic rings. The van der Waals surface area contributed by atoms with Gasteiger partial charge >= 0.3 is 0 Å². The number of Topliss-reactive ketones (excluding diaryl/α,β-unsaturated/α-hetero) is 1. The van der Waals surface area contributed by atoms with Gasteiger partial charge in [0.05, 0.1) is 6.04 Å². The highest BCUT2D eigenvalue weighted by Gasteiger charge is 2.55. The maximum absolute atomic E-state index is 12.4. The fraction of sp³-hybridized carbons (Fsp3) is 0.533. The molecule has 2 aliphatic heterocycles. The number of fused-ring (bicyclic) bond motifs is 1. The van der Waals surface area contributed by atoms with E-state index in [-0.39, 0.29) is 6.04 Å². The number of ketones is 1. The minimum atomic E-state index is 0.0426. The lowest BCUT2D eigenvalue weighted by molar-refractivity contribution is -0.128. The van der Waals surface area contributed by atoms with Crippen LogP contribution in [0.1, 0.15) is 24.0 Å². The zero-order chi connectivity index (χ0) is 12.2. The molecule has 0 aromatic heterocycles. The molecule has 0 amide bonds. The monoisotopic (exact) mass is 242 g/mol. The average Bonchev–Trinajstić information content (AvgIpc) is 3.16. The summed E-state index contributed by atoms with van der Waals surface area (Å²) in [5, 5.41) is 6.78. The molecule has 3 aliphatic rings. The Hall–Kier alpha value is -1.19. The molecule has 2 N–H and O–H groups in total. The summed E-state index contributed by atoms with van der Waals surface area (Å²) in [4.78, 5) is 12.4. The Bertz CT molecular complexity index is 499. The number of carbonyl (C=O) groups excluding carboxylic acids is 1. The van der Waals surface area contributed by atoms with Gasteiger partial charge in [-0.05, 0) is 30.4 Å². The molecule has 1 aliphatic carbocycles. The van der Waals surface area contributed by atoms with Crippen molar-refractivity contribution in [2.24, 2.45) is 5.92 Å². The normalized spacial score (nSPS) is 36.9. The minimum absolute atomic E-state index is 0.0426. The Morgan fingerprint density at radius 3 is 2.67 bits per heavy atom. The number of hydrogen-bond donors (Lipinski definition) is 2. The average molecular weight is 242 g/mol. The summed E-state index contributed by atoms with van der Waals surface area (Å²) >= 11 is 0. The fourth-order valence-corrected chi connectivity index (χ4v) is 3.44. The van der Waals surface area contributed by atoms with Crippen molar-refractivity contribution in [3.05, 3.63) is 35.4 Å². The third-order valence-electron chi connectivity index (χ3n) is 4.78. The van der Waals surface area contributed by atoms with Gasteiger partial charge in [0.1, 0.15) is 0 Å². The van der Waals surface area contributed by atoms with Gasteiger partial charge < -0.3 is 10.6 Å². The molecule has 94 valence electrons. The first kappa shape index (κ1) is 10.7. The van der Waals surface area contributed by atoms with Crippen molar-refractivity contribution in [2.75, 3.05) is 6.54 Å². The molecule has 1 aromatic carbocycles. The van der Waals surface area contributed by atoms with Crippen LogP contribution in [0.15, 0.2) is 24.3 Å². The van der Waals surface area contributed by atoms with Crippen LogP contribution in [0.4, 0.5) is 0 Å². The van der Waals surface area contributed by atoms with Crippen molar-refractivity contribution in [1.29, 1.82) is 0 Å². The van der Waals surface area contributed by atoms with Crippen LogP contribution in [0, 0.1) is 5.92 Å². The Balaban J connectivity index is 1.46. The Morgan fingerprint density at radius 2 is 1.94 bits per heavy atom. The summed E-state index contributed by atoms with van der Waals surface area (Å²) in [5.41, 5.74) is 3.07. The maximum Gasteiger partial charge on any atom is 0.153 e. The predicted molar refractivity (Wildman–Crippen MR) is 69.2 cm³/mol. The van der Waals surface area contributed by atoms with Crippen molar-refractivity contribution in [3.8, 4) is 0 Å². The Morgan fingerprint density at radius 1 is 1.22 bits per heavy atom. The van der Waals surface area contributed by atoms with Crippen LogP contribution in [0.5, 0.6) is 0 Å². The van der Waals surface area contributed by atoms with Gasteiger partial charge in [0, 0.05) is 24.5 Å². The molecular weight excluding hydrogens is 224 g/mol. The predicted octanol–water partition coefficient (Wildman–Crippen LogP) is 1.02. The Labute approximate surface area is 107 Å². The second-order valence-electron chi connectivity index (χ2n) is 6.05. The van der Waals surface area contributed by atoms with E-state index < -0.39 is 0 Å². The third kappa shape index (κ3) is 1.62. The van der Waals surface area contributed by atoms with Crippen molar-refractivity contribution in [3.63, 3.8) is 0 Å². The SMILES string of the molecule is O=C(C1CC2(CN2)C1)[C@@H]1Cc2ccccc2CN1. The zero-order valence-corrected chi connectivity index (χ0v) is 10.4. The smallest absolute Gasteiger partial charge is 0.153 e. The van der Waals surface area contributed by atoms with Crippen molar-refractivity contribution in [2.45, 2.75) is 37.4 Å². The second kappa shape index (κ2) is 3.65. The van der Waals surface area contributed by atoms with E-state index in [1.165, 1.54) is 11.1 Å². The number of benzene rings is 1. The van der Waals surface area contributed by atoms with Crippen molar-refractivity contribution >= 4 is 5.78 Å². The van der Waals surface area contributed by atoms with Crippen LogP contribution < -0.4 is 10.6 Å². The van der Waals surface area contributed by atoms with E-state index in [0.717, 1.165) is 32.4 Å². The van der Waals surface area contributed by atoms with E-state index in [1.807, 2.05) is 0 Å². The van der Waals surface area contributed by atoms with Crippen LogP contribution in [0.25, 0.3) is 0 Å². The molecule has 3 heteroatoms. The molecular formula is C15H18N2O. The van der Waals surface area contributed by atoms with Gasteiger partial charge in [-0.3, -0.25) is 4.79 Å². The number of hydrogen-bond acceptors (Lipinski definition) is 3. The third-order valence-corrected chi connectivity index (χ3v) is 4.78. The highest BCUT2D eigenvalue weighted by Crippen LogP contribution is 2.45. The van der Waals surface area contributed by atoms with Crippen LogP contribution >= 0.6 is 0 Å². The first-order valence-electron chi connectivity index (χ1n) is 6.85. The summed E-state index contributed by atoms with van der Waals surface area (Å²) in [5.74, 6) is 0.728. The van der Waals surface area contributed by atoms with E-state index in [4.69, 9.17) is 0 Å². The topological polar surface area (TPSA) is 51.0 Å². The van der Waals surface area contributed by atoms with Gasteiger partial charge in [-0.1, -0.05) is 24.3 Å². The molecule has 2 heterocycles. The van der Waals surface area contributed by atoms with Crippen molar-refractivity contribution < 1.29 is 4.79 Å². The van der Waals surface area contributed by atoms with Gasteiger partial charge in [-0.15, -0.1) is 0 Å². The zero-order valence-electron chi connectivity index (χ0n) is 10.4. The van der Waals surface area contributed by atoms with E-state index in [2.05, 4.69) is 34.9 Å². The first-order valence-corrected chi connectivity index (χ1v) is 6.85. The molecule has 0 unspecified atom stereocenters. The van der Waals surface area contributed by atoms with Crippen molar-refractivity contribution in [1.82, 2.24) is 10.6 Å². The quantitative estimate of drug-likeness (QED) is 0.761. The van der Waals surface area contributed by atoms with Gasteiger partial charge in [0.15, 0.2) is 5.78 Å². The molecule has 4 rings (SSSR count). The molecule has 0 radical (unpaired) electrons. The summed E-state index contributed by atoms with van der Waals surface area (Å²) in [7, 11) is 0. The van der Waals surface area contributed by atoms with Crippen LogP contribution in [-0.4, -0.2) is 23.9 Å². The first-order chi connectivity index (χ1) is 8.76. The fourth-order valence-electron chi connectivity index (χ4n) is 3.44. The lowest BCUT2D eigenvalue weighted by atomic mass is 9.70. The lowest BCUT2D eigenvalue weighted by Crippen LogP contribution is -2.50. The standard InChI is InChI=1S/C15H18N2O/c18-14(12-6-15(7-12)9-17-15)13-5-10-3-1-2-4-11(10)8-16-13/h1-4,12-13,16-17H,5-9H2/t12?,13-,15?/m0/s1. The van der Waals surface area contributed by atoms with E-state index >= 15 is 0 Å². The molecule has 1 spiro atoms. The maximum atomic E-state index is 12.4. The minimum Gasteiger partial charge on any atom is -0.308 e. The van der Waals surface area contributed by atoms with Gasteiger partial charge in [-0.2, -0.15) is 0 Å². The summed E-state index contributed by atoms with van der Waals surface area (Å²) in [6.07, 6.45) is 2.99. The Kier molecular flexibility index (Phi) is 2.17. The number of nitrogens with one attached hydrogen (secondary N) is 2. The second-order valence-corrected chi connectivity index (χ2v) is 6.05. The van der Waals surface area contributed by atoms with Gasteiger partial charge in [-0.25, -0.2) is 0 Å². The highest BCUT2D eigenvalue weighted by atomic mass is 16.1. The molecule has 3 nitrogen and oxygen atoms in total. The number of rotatable bonds is 2. The van der Waals surface area contributed by atoms with E-state index in [0.29, 0.717) is 17.2 Å². The number of carbonyl (C=O) groups is 1.